The monoisotopic (exact) mass is 270 g/mol. The van der Waals surface area contributed by atoms with Crippen LogP contribution >= 0.6 is 0 Å². The SMILES string of the molecule is CCCCNC(=O)C(C)NC1CCC(C(=O)O)CC1. The first-order chi connectivity index (χ1) is 9.04. The highest BCUT2D eigenvalue weighted by atomic mass is 16.4. The zero-order valence-electron chi connectivity index (χ0n) is 11.9. The van der Waals surface area contributed by atoms with Gasteiger partial charge in [-0.3, -0.25) is 9.59 Å². The van der Waals surface area contributed by atoms with Gasteiger partial charge in [-0.05, 0) is 39.0 Å². The predicted octanol–water partition coefficient (Wildman–Crippen LogP) is 1.52. The molecule has 1 saturated carbocycles. The number of rotatable bonds is 7. The topological polar surface area (TPSA) is 78.4 Å². The zero-order valence-corrected chi connectivity index (χ0v) is 11.9. The third-order valence-electron chi connectivity index (χ3n) is 3.78. The average molecular weight is 270 g/mol. The van der Waals surface area contributed by atoms with E-state index in [0.717, 1.165) is 32.2 Å². The van der Waals surface area contributed by atoms with Crippen LogP contribution in [0.4, 0.5) is 0 Å². The summed E-state index contributed by atoms with van der Waals surface area (Å²) in [5, 5.41) is 15.1. The van der Waals surface area contributed by atoms with Crippen LogP contribution in [0.25, 0.3) is 0 Å². The summed E-state index contributed by atoms with van der Waals surface area (Å²) in [5.41, 5.74) is 0. The number of hydrogen-bond acceptors (Lipinski definition) is 3. The van der Waals surface area contributed by atoms with Gasteiger partial charge in [-0.1, -0.05) is 13.3 Å². The van der Waals surface area contributed by atoms with Crippen LogP contribution in [0.2, 0.25) is 0 Å². The molecular formula is C14H26N2O3. The summed E-state index contributed by atoms with van der Waals surface area (Å²) in [6, 6.07) is 0.0609. The maximum Gasteiger partial charge on any atom is 0.306 e. The number of aliphatic carboxylic acids is 1. The highest BCUT2D eigenvalue weighted by molar-refractivity contribution is 5.81. The molecule has 5 nitrogen and oxygen atoms in total. The Balaban J connectivity index is 2.24. The smallest absolute Gasteiger partial charge is 0.306 e. The van der Waals surface area contributed by atoms with Gasteiger partial charge in [0.25, 0.3) is 0 Å². The van der Waals surface area contributed by atoms with Crippen molar-refractivity contribution in [3.8, 4) is 0 Å². The lowest BCUT2D eigenvalue weighted by Gasteiger charge is -2.29. The summed E-state index contributed by atoms with van der Waals surface area (Å²) in [5.74, 6) is -0.857. The fourth-order valence-electron chi connectivity index (χ4n) is 2.48. The molecule has 1 aliphatic carbocycles. The van der Waals surface area contributed by atoms with Gasteiger partial charge in [-0.15, -0.1) is 0 Å². The van der Waals surface area contributed by atoms with Crippen molar-refractivity contribution in [1.29, 1.82) is 0 Å². The highest BCUT2D eigenvalue weighted by Crippen LogP contribution is 2.24. The van der Waals surface area contributed by atoms with Gasteiger partial charge in [0.1, 0.15) is 0 Å². The number of hydrogen-bond donors (Lipinski definition) is 3. The van der Waals surface area contributed by atoms with Crippen molar-refractivity contribution in [3.05, 3.63) is 0 Å². The normalized spacial score (nSPS) is 24.7. The number of unbranched alkanes of at least 4 members (excludes halogenated alkanes) is 1. The molecule has 0 aromatic heterocycles. The van der Waals surface area contributed by atoms with E-state index in [1.54, 1.807) is 0 Å². The minimum atomic E-state index is -0.691. The largest absolute Gasteiger partial charge is 0.481 e. The first kappa shape index (κ1) is 16.0. The Morgan fingerprint density at radius 3 is 2.42 bits per heavy atom. The highest BCUT2D eigenvalue weighted by Gasteiger charge is 2.27. The van der Waals surface area contributed by atoms with Gasteiger partial charge in [-0.25, -0.2) is 0 Å². The van der Waals surface area contributed by atoms with E-state index in [2.05, 4.69) is 17.6 Å². The van der Waals surface area contributed by atoms with Crippen LogP contribution in [-0.2, 0) is 9.59 Å². The molecule has 1 amide bonds. The Morgan fingerprint density at radius 1 is 1.26 bits per heavy atom. The molecule has 0 saturated heterocycles. The fraction of sp³-hybridized carbons (Fsp3) is 0.857. The number of amides is 1. The Morgan fingerprint density at radius 2 is 1.89 bits per heavy atom. The number of carbonyl (C=O) groups is 2. The van der Waals surface area contributed by atoms with Crippen LogP contribution in [0, 0.1) is 5.92 Å². The summed E-state index contributed by atoms with van der Waals surface area (Å²) >= 11 is 0. The summed E-state index contributed by atoms with van der Waals surface area (Å²) in [6.07, 6.45) is 5.16. The maximum atomic E-state index is 11.8. The lowest BCUT2D eigenvalue weighted by atomic mass is 9.86. The summed E-state index contributed by atoms with van der Waals surface area (Å²) in [6.45, 7) is 4.69. The number of carboxylic acids is 1. The third-order valence-corrected chi connectivity index (χ3v) is 3.78. The van der Waals surface area contributed by atoms with E-state index in [0.29, 0.717) is 12.8 Å². The molecule has 1 rings (SSSR count). The van der Waals surface area contributed by atoms with E-state index in [1.807, 2.05) is 6.92 Å². The molecule has 0 bridgehead atoms. The van der Waals surface area contributed by atoms with Crippen molar-refractivity contribution in [2.75, 3.05) is 6.54 Å². The predicted molar refractivity (Wildman–Crippen MR) is 73.9 cm³/mol. The third kappa shape index (κ3) is 5.59. The molecule has 0 radical (unpaired) electrons. The molecule has 5 heteroatoms. The van der Waals surface area contributed by atoms with Gasteiger partial charge in [0.05, 0.1) is 12.0 Å². The number of carbonyl (C=O) groups excluding carboxylic acids is 1. The summed E-state index contributed by atoms with van der Waals surface area (Å²) < 4.78 is 0. The molecule has 3 N–H and O–H groups in total. The van der Waals surface area contributed by atoms with Crippen molar-refractivity contribution in [2.45, 2.75) is 64.5 Å². The minimum Gasteiger partial charge on any atom is -0.481 e. The Labute approximate surface area is 115 Å². The van der Waals surface area contributed by atoms with E-state index >= 15 is 0 Å². The van der Waals surface area contributed by atoms with Gasteiger partial charge in [-0.2, -0.15) is 0 Å². The van der Waals surface area contributed by atoms with E-state index in [9.17, 15) is 9.59 Å². The van der Waals surface area contributed by atoms with Crippen LogP contribution < -0.4 is 10.6 Å². The number of carboxylic acid groups (broad SMARTS) is 1. The van der Waals surface area contributed by atoms with Gasteiger partial charge in [0, 0.05) is 12.6 Å². The lowest BCUT2D eigenvalue weighted by molar-refractivity contribution is -0.143. The van der Waals surface area contributed by atoms with E-state index in [-0.39, 0.29) is 23.9 Å². The van der Waals surface area contributed by atoms with Crippen molar-refractivity contribution < 1.29 is 14.7 Å². The average Bonchev–Trinajstić information content (AvgIpc) is 2.39. The lowest BCUT2D eigenvalue weighted by Crippen LogP contribution is -2.48. The standard InChI is InChI=1S/C14H26N2O3/c1-3-4-9-15-13(17)10(2)16-12-7-5-11(6-8-12)14(18)19/h10-12,16H,3-9H2,1-2H3,(H,15,17)(H,18,19). The van der Waals surface area contributed by atoms with Gasteiger partial charge < -0.3 is 15.7 Å². The Bertz CT molecular complexity index is 299. The molecule has 1 aliphatic rings. The van der Waals surface area contributed by atoms with E-state index in [1.165, 1.54) is 0 Å². The van der Waals surface area contributed by atoms with Crippen LogP contribution in [0.1, 0.15) is 52.4 Å². The maximum absolute atomic E-state index is 11.8. The molecule has 1 fully saturated rings. The molecule has 0 aromatic carbocycles. The molecule has 1 unspecified atom stereocenters. The van der Waals surface area contributed by atoms with Crippen LogP contribution in [0.15, 0.2) is 0 Å². The molecule has 0 aromatic rings. The molecule has 0 heterocycles. The molecule has 110 valence electrons. The van der Waals surface area contributed by atoms with Gasteiger partial charge in [0.2, 0.25) is 5.91 Å². The minimum absolute atomic E-state index is 0.0359. The second-order valence-corrected chi connectivity index (χ2v) is 5.42. The quantitative estimate of drug-likeness (QED) is 0.613. The van der Waals surface area contributed by atoms with Crippen molar-refractivity contribution >= 4 is 11.9 Å². The van der Waals surface area contributed by atoms with Crippen LogP contribution in [0.3, 0.4) is 0 Å². The number of nitrogens with one attached hydrogen (secondary N) is 2. The van der Waals surface area contributed by atoms with E-state index in [4.69, 9.17) is 5.11 Å². The Kier molecular flexibility index (Phi) is 6.84. The summed E-state index contributed by atoms with van der Waals surface area (Å²) in [4.78, 5) is 22.7. The van der Waals surface area contributed by atoms with E-state index < -0.39 is 5.97 Å². The zero-order chi connectivity index (χ0) is 14.3. The van der Waals surface area contributed by atoms with Crippen molar-refractivity contribution in [1.82, 2.24) is 10.6 Å². The molecule has 1 atom stereocenters. The fourth-order valence-corrected chi connectivity index (χ4v) is 2.48. The van der Waals surface area contributed by atoms with Gasteiger partial charge in [0.15, 0.2) is 0 Å². The van der Waals surface area contributed by atoms with Crippen molar-refractivity contribution in [3.63, 3.8) is 0 Å². The molecule has 0 spiro atoms. The second kappa shape index (κ2) is 8.15. The van der Waals surface area contributed by atoms with Gasteiger partial charge >= 0.3 is 5.97 Å². The second-order valence-electron chi connectivity index (χ2n) is 5.42. The Hall–Kier alpha value is -1.10. The summed E-state index contributed by atoms with van der Waals surface area (Å²) in [7, 11) is 0. The molecule has 0 aliphatic heterocycles. The molecule has 19 heavy (non-hydrogen) atoms. The van der Waals surface area contributed by atoms with Crippen LogP contribution in [-0.4, -0.2) is 35.6 Å². The first-order valence-electron chi connectivity index (χ1n) is 7.31. The van der Waals surface area contributed by atoms with Crippen LogP contribution in [0.5, 0.6) is 0 Å². The molecular weight excluding hydrogens is 244 g/mol. The first-order valence-corrected chi connectivity index (χ1v) is 7.31. The van der Waals surface area contributed by atoms with Crippen molar-refractivity contribution in [2.24, 2.45) is 5.92 Å².